The first-order chi connectivity index (χ1) is 47.5. The number of rotatable bonds is 36. The van der Waals surface area contributed by atoms with Gasteiger partial charge in [-0.25, -0.2) is 0 Å². The molecule has 0 aromatic heterocycles. The van der Waals surface area contributed by atoms with Crippen molar-refractivity contribution < 1.29 is 18.6 Å². The lowest BCUT2D eigenvalue weighted by Gasteiger charge is -2.32. The molecule has 4 unspecified atom stereocenters. The van der Waals surface area contributed by atoms with Crippen molar-refractivity contribution in [2.24, 2.45) is 47.3 Å². The molecular weight excluding hydrogens is 1210 g/mol. The topological polar surface area (TPSA) is 36.9 Å². The molecule has 4 atom stereocenters. The summed E-state index contributed by atoms with van der Waals surface area (Å²) in [6, 6.07) is 57.9. The van der Waals surface area contributed by atoms with Gasteiger partial charge < -0.3 is 18.6 Å². The van der Waals surface area contributed by atoms with Crippen molar-refractivity contribution in [1.29, 1.82) is 0 Å². The van der Waals surface area contributed by atoms with Crippen LogP contribution in [0.25, 0.3) is 66.8 Å². The normalized spacial score (nSPS) is 16.9. The maximum absolute atomic E-state index is 6.80. The van der Waals surface area contributed by atoms with Crippen LogP contribution in [0.2, 0.25) is 0 Å². The number of benzene rings is 7. The number of aryl methyl sites for hydroxylation is 4. The summed E-state index contributed by atoms with van der Waals surface area (Å²) in [7, 11) is -0.990. The Morgan fingerprint density at radius 3 is 0.570 bits per heavy atom. The van der Waals surface area contributed by atoms with E-state index in [0.717, 1.165) is 71.4 Å². The minimum absolute atomic E-state index is 0.475. The average molecular weight is 1350 g/mol. The van der Waals surface area contributed by atoms with Gasteiger partial charge in [-0.2, -0.15) is 0 Å². The van der Waals surface area contributed by atoms with Gasteiger partial charge in [-0.05, 0) is 254 Å². The van der Waals surface area contributed by atoms with E-state index in [0.29, 0.717) is 23.7 Å². The van der Waals surface area contributed by atoms with Gasteiger partial charge in [0.05, 0.1) is 22.4 Å². The third-order valence-corrected chi connectivity index (χ3v) is 23.5. The lowest BCUT2D eigenvalue weighted by atomic mass is 9.72. The number of hydrogen-bond donors (Lipinski definition) is 0. The van der Waals surface area contributed by atoms with Gasteiger partial charge in [-0.3, -0.25) is 0 Å². The Morgan fingerprint density at radius 1 is 0.230 bits per heavy atom. The van der Waals surface area contributed by atoms with Crippen molar-refractivity contribution in [3.63, 3.8) is 0 Å². The van der Waals surface area contributed by atoms with Gasteiger partial charge in [0.15, 0.2) is 0 Å². The molecule has 100 heavy (non-hydrogen) atoms. The molecule has 9 rings (SSSR count). The largest absolute Gasteiger partial charge is 0.494 e. The molecule has 7 aromatic carbocycles. The van der Waals surface area contributed by atoms with Crippen molar-refractivity contribution in [1.82, 2.24) is 0 Å². The van der Waals surface area contributed by atoms with Crippen LogP contribution in [0.3, 0.4) is 0 Å². The highest BCUT2D eigenvalue weighted by Gasteiger charge is 2.53. The Hall–Kier alpha value is -5.49. The Kier molecular flexibility index (Phi) is 27.8. The highest BCUT2D eigenvalue weighted by atomic mass is 16.7. The molecule has 0 radical (unpaired) electrons. The van der Waals surface area contributed by atoms with Gasteiger partial charge in [0.2, 0.25) is 0 Å². The first-order valence-corrected chi connectivity index (χ1v) is 40.0. The Labute approximate surface area is 611 Å². The summed E-state index contributed by atoms with van der Waals surface area (Å²) in [4.78, 5) is 0. The van der Waals surface area contributed by atoms with Crippen LogP contribution in [0.1, 0.15) is 263 Å². The van der Waals surface area contributed by atoms with Crippen molar-refractivity contribution in [2.75, 3.05) is 0 Å². The average Bonchev–Trinajstić information content (AvgIpc) is 0.909. The van der Waals surface area contributed by atoms with Crippen LogP contribution in [0.15, 0.2) is 146 Å². The van der Waals surface area contributed by atoms with E-state index >= 15 is 0 Å². The van der Waals surface area contributed by atoms with Gasteiger partial charge in [-0.15, -0.1) is 0 Å². The summed E-state index contributed by atoms with van der Waals surface area (Å²) in [5.41, 5.74) is 20.2. The summed E-state index contributed by atoms with van der Waals surface area (Å²) in [5.74, 6) is 5.64. The van der Waals surface area contributed by atoms with E-state index in [4.69, 9.17) is 18.6 Å². The third kappa shape index (κ3) is 20.9. The molecular formula is C94H132B2O4. The first kappa shape index (κ1) is 78.6. The maximum Gasteiger partial charge on any atom is 0.494 e. The van der Waals surface area contributed by atoms with E-state index in [-0.39, 0.29) is 0 Å². The fourth-order valence-electron chi connectivity index (χ4n) is 15.1. The highest BCUT2D eigenvalue weighted by molar-refractivity contribution is 6.62. The van der Waals surface area contributed by atoms with Crippen molar-refractivity contribution >= 4 is 25.2 Å². The van der Waals surface area contributed by atoms with Crippen molar-refractivity contribution in [3.8, 4) is 66.8 Å². The summed E-state index contributed by atoms with van der Waals surface area (Å²) < 4.78 is 27.2. The molecule has 0 aliphatic carbocycles. The Balaban J connectivity index is 1.33. The van der Waals surface area contributed by atoms with Gasteiger partial charge >= 0.3 is 14.2 Å². The van der Waals surface area contributed by atoms with Crippen LogP contribution in [0, 0.1) is 47.3 Å². The quantitative estimate of drug-likeness (QED) is 0.0367. The van der Waals surface area contributed by atoms with E-state index in [2.05, 4.69) is 284 Å². The first-order valence-electron chi connectivity index (χ1n) is 40.0. The van der Waals surface area contributed by atoms with E-state index in [1.54, 1.807) is 0 Å². The molecule has 0 N–H and O–H groups in total. The van der Waals surface area contributed by atoms with Gasteiger partial charge in [0.1, 0.15) is 0 Å². The molecule has 2 aliphatic heterocycles. The molecule has 2 aliphatic rings. The van der Waals surface area contributed by atoms with Gasteiger partial charge in [-0.1, -0.05) is 306 Å². The lowest BCUT2D eigenvalue weighted by Crippen LogP contribution is -2.41. The van der Waals surface area contributed by atoms with E-state index < -0.39 is 36.6 Å². The highest BCUT2D eigenvalue weighted by Crippen LogP contribution is 2.56. The second kappa shape index (κ2) is 35.3. The Bertz CT molecular complexity index is 3190. The fourth-order valence-corrected chi connectivity index (χ4v) is 15.1. The molecule has 0 amide bonds. The zero-order chi connectivity index (χ0) is 72.1. The lowest BCUT2D eigenvalue weighted by molar-refractivity contribution is 0.00578. The zero-order valence-electron chi connectivity index (χ0n) is 66.4. The minimum atomic E-state index is -0.495. The van der Waals surface area contributed by atoms with E-state index in [1.165, 1.54) is 181 Å². The van der Waals surface area contributed by atoms with Crippen LogP contribution in [0.4, 0.5) is 0 Å². The molecule has 0 saturated carbocycles. The molecule has 0 bridgehead atoms. The third-order valence-electron chi connectivity index (χ3n) is 23.5. The Morgan fingerprint density at radius 2 is 0.400 bits per heavy atom. The number of hydrogen-bond acceptors (Lipinski definition) is 4. The summed E-state index contributed by atoms with van der Waals surface area (Å²) >= 11 is 0. The summed E-state index contributed by atoms with van der Waals surface area (Å²) in [6.07, 6.45) is 24.4. The molecule has 0 spiro atoms. The predicted molar refractivity (Wildman–Crippen MR) is 435 cm³/mol. The van der Waals surface area contributed by atoms with Crippen LogP contribution in [-0.2, 0) is 44.3 Å². The molecule has 2 fully saturated rings. The van der Waals surface area contributed by atoms with Crippen LogP contribution >= 0.6 is 0 Å². The van der Waals surface area contributed by atoms with Crippen molar-refractivity contribution in [3.05, 3.63) is 168 Å². The van der Waals surface area contributed by atoms with Crippen molar-refractivity contribution in [2.45, 2.75) is 289 Å². The van der Waals surface area contributed by atoms with Gasteiger partial charge in [0, 0.05) is 0 Å². The molecule has 538 valence electrons. The monoisotopic (exact) mass is 1350 g/mol. The minimum Gasteiger partial charge on any atom is -0.399 e. The molecule has 2 heterocycles. The standard InChI is InChI=1S/C94H132B2O4/c1-65(2)25-21-29-69(9)33-37-73-41-49-77(50-42-73)85-86(78-51-43-74(44-52-78)38-34-70(10)30-22-26-66(3)4)90(82-59-63-84(64-60-82)96-99-93(17,18)94(19,20)100-96)88(80-55-47-76(48-56-80)40-36-72(12)32-24-28-68(7)8)87(79-53-45-75(46-54-79)39-35-71(11)31-23-27-67(5)6)89(85)81-57-61-83(62-58-81)95-97-91(13,14)92(15,16)98-95/h41-72H,21-40H2,1-20H3. The smallest absolute Gasteiger partial charge is 0.399 e. The predicted octanol–water partition coefficient (Wildman–Crippen LogP) is 25.9. The molecule has 2 saturated heterocycles. The fraction of sp³-hybridized carbons (Fsp3) is 0.553. The van der Waals surface area contributed by atoms with Crippen LogP contribution < -0.4 is 10.9 Å². The molecule has 4 nitrogen and oxygen atoms in total. The van der Waals surface area contributed by atoms with E-state index in [1.807, 2.05) is 0 Å². The van der Waals surface area contributed by atoms with E-state index in [9.17, 15) is 0 Å². The molecule has 6 heteroatoms. The molecule has 7 aromatic rings. The van der Waals surface area contributed by atoms with Gasteiger partial charge in [0.25, 0.3) is 0 Å². The second-order valence-electron chi connectivity index (χ2n) is 35.3. The van der Waals surface area contributed by atoms with Crippen LogP contribution in [-0.4, -0.2) is 36.6 Å². The maximum atomic E-state index is 6.80. The second-order valence-corrected chi connectivity index (χ2v) is 35.3. The zero-order valence-corrected chi connectivity index (χ0v) is 66.4. The van der Waals surface area contributed by atoms with Crippen LogP contribution in [0.5, 0.6) is 0 Å². The summed E-state index contributed by atoms with van der Waals surface area (Å²) in [6.45, 7) is 45.9. The summed E-state index contributed by atoms with van der Waals surface area (Å²) in [5, 5.41) is 0. The SMILES string of the molecule is CC(C)CCCC(C)CCc1ccc(-c2c(-c3ccc(CCC(C)CCCC(C)C)cc3)c(-c3ccc(B4OC(C)(C)C(C)(C)O4)cc3)c(-c3ccc(CCC(C)CCCC(C)C)cc3)c(-c3ccc(CCC(C)CCCC(C)C)cc3)c2-c2ccc(B3OC(C)(C)C(C)(C)O3)cc2)cc1.